The van der Waals surface area contributed by atoms with Gasteiger partial charge in [-0.2, -0.15) is 0 Å². The molecule has 0 radical (unpaired) electrons. The number of hydrogen-bond donors (Lipinski definition) is 1. The fourth-order valence-electron chi connectivity index (χ4n) is 1.73. The molecular weight excluding hydrogens is 336 g/mol. The van der Waals surface area contributed by atoms with E-state index in [0.29, 0.717) is 12.3 Å². The lowest BCUT2D eigenvalue weighted by molar-refractivity contribution is 0.598. The first-order chi connectivity index (χ1) is 9.94. The molecule has 3 nitrogen and oxygen atoms in total. The first-order valence-electron chi connectivity index (χ1n) is 6.06. The average molecular weight is 348 g/mol. The Hall–Kier alpha value is -1.30. The summed E-state index contributed by atoms with van der Waals surface area (Å²) >= 11 is 11.4. The number of halogens is 3. The average Bonchev–Trinajstić information content (AvgIpc) is 2.44. The van der Waals surface area contributed by atoms with E-state index in [4.69, 9.17) is 23.2 Å². The Morgan fingerprint density at radius 3 is 2.33 bits per heavy atom. The zero-order chi connectivity index (χ0) is 15.5. The number of nitrogens with one attached hydrogen (secondary N) is 1. The van der Waals surface area contributed by atoms with Crippen molar-refractivity contribution in [1.82, 2.24) is 0 Å². The van der Waals surface area contributed by atoms with Gasteiger partial charge in [-0.3, -0.25) is 4.72 Å². The van der Waals surface area contributed by atoms with Crippen LogP contribution in [0.5, 0.6) is 0 Å². The van der Waals surface area contributed by atoms with E-state index in [9.17, 15) is 12.8 Å². The van der Waals surface area contributed by atoms with Crippen LogP contribution < -0.4 is 4.72 Å². The predicted molar refractivity (Wildman–Crippen MR) is 83.1 cm³/mol. The van der Waals surface area contributed by atoms with Crippen LogP contribution in [-0.2, 0) is 16.4 Å². The fraction of sp³-hybridized carbons (Fsp3) is 0.143. The lowest BCUT2D eigenvalue weighted by atomic mass is 10.2. The number of hydrogen-bond acceptors (Lipinski definition) is 2. The van der Waals surface area contributed by atoms with Gasteiger partial charge in [0.25, 0.3) is 10.0 Å². The van der Waals surface area contributed by atoms with Crippen molar-refractivity contribution in [2.75, 3.05) is 10.6 Å². The third kappa shape index (κ3) is 3.87. The predicted octanol–water partition coefficient (Wildman–Crippen LogP) is 4.06. The third-order valence-corrected chi connectivity index (χ3v) is 4.69. The van der Waals surface area contributed by atoms with E-state index in [1.807, 2.05) is 0 Å². The summed E-state index contributed by atoms with van der Waals surface area (Å²) in [5.74, 6) is -0.278. The molecule has 0 bridgehead atoms. The van der Waals surface area contributed by atoms with Crippen molar-refractivity contribution in [3.63, 3.8) is 0 Å². The van der Waals surface area contributed by atoms with Crippen LogP contribution in [0.25, 0.3) is 0 Å². The Balaban J connectivity index is 2.30. The van der Waals surface area contributed by atoms with Crippen LogP contribution in [0.2, 0.25) is 5.02 Å². The normalized spacial score (nSPS) is 11.4. The Morgan fingerprint density at radius 2 is 1.76 bits per heavy atom. The van der Waals surface area contributed by atoms with Gasteiger partial charge in [0.15, 0.2) is 0 Å². The fourth-order valence-corrected chi connectivity index (χ4v) is 3.31. The van der Waals surface area contributed by atoms with Crippen molar-refractivity contribution < 1.29 is 12.8 Å². The highest BCUT2D eigenvalue weighted by Crippen LogP contribution is 2.27. The van der Waals surface area contributed by atoms with E-state index in [-0.39, 0.29) is 15.6 Å². The molecule has 2 aromatic carbocycles. The largest absolute Gasteiger partial charge is 0.275 e. The van der Waals surface area contributed by atoms with Gasteiger partial charge < -0.3 is 0 Å². The number of rotatable bonds is 5. The van der Waals surface area contributed by atoms with Crippen LogP contribution in [0.1, 0.15) is 5.56 Å². The molecule has 0 heterocycles. The van der Waals surface area contributed by atoms with Gasteiger partial charge >= 0.3 is 0 Å². The molecule has 0 aliphatic heterocycles. The molecule has 0 saturated heterocycles. The van der Waals surface area contributed by atoms with Crippen molar-refractivity contribution in [3.8, 4) is 0 Å². The Labute approximate surface area is 132 Å². The van der Waals surface area contributed by atoms with Crippen LogP contribution in [0.4, 0.5) is 10.1 Å². The van der Waals surface area contributed by atoms with E-state index in [1.165, 1.54) is 24.3 Å². The number of alkyl halides is 1. The lowest BCUT2D eigenvalue weighted by Crippen LogP contribution is -2.14. The summed E-state index contributed by atoms with van der Waals surface area (Å²) in [6.45, 7) is 0. The van der Waals surface area contributed by atoms with Gasteiger partial charge in [-0.1, -0.05) is 29.8 Å². The third-order valence-electron chi connectivity index (χ3n) is 2.82. The second-order valence-corrected chi connectivity index (χ2v) is 6.75. The lowest BCUT2D eigenvalue weighted by Gasteiger charge is -2.10. The van der Waals surface area contributed by atoms with Gasteiger partial charge in [0.1, 0.15) is 11.5 Å². The molecular formula is C14H12Cl2FNO2S. The molecule has 2 aromatic rings. The molecule has 0 aliphatic rings. The number of sulfonamides is 1. The van der Waals surface area contributed by atoms with Crippen molar-refractivity contribution in [3.05, 3.63) is 58.9 Å². The quantitative estimate of drug-likeness (QED) is 0.829. The molecule has 0 amide bonds. The molecule has 21 heavy (non-hydrogen) atoms. The summed E-state index contributed by atoms with van der Waals surface area (Å²) in [6, 6.07) is 10.2. The SMILES string of the molecule is O=S(=O)(Nc1c(F)cccc1Cl)c1ccc(CCCl)cc1. The summed E-state index contributed by atoms with van der Waals surface area (Å²) in [7, 11) is -3.90. The van der Waals surface area contributed by atoms with E-state index in [2.05, 4.69) is 4.72 Å². The first kappa shape index (κ1) is 16.1. The van der Waals surface area contributed by atoms with Gasteiger partial charge in [-0.15, -0.1) is 11.6 Å². The second kappa shape index (κ2) is 6.64. The van der Waals surface area contributed by atoms with Crippen molar-refractivity contribution >= 4 is 38.9 Å². The molecule has 0 unspecified atom stereocenters. The summed E-state index contributed by atoms with van der Waals surface area (Å²) in [5, 5.41) is -0.00247. The maximum atomic E-state index is 13.6. The molecule has 0 atom stereocenters. The van der Waals surface area contributed by atoms with Crippen LogP contribution in [-0.4, -0.2) is 14.3 Å². The second-order valence-electron chi connectivity index (χ2n) is 4.29. The van der Waals surface area contributed by atoms with Crippen molar-refractivity contribution in [2.24, 2.45) is 0 Å². The summed E-state index contributed by atoms with van der Waals surface area (Å²) in [4.78, 5) is 0.0279. The first-order valence-corrected chi connectivity index (χ1v) is 8.45. The Bertz CT molecular complexity index is 713. The molecule has 0 fully saturated rings. The van der Waals surface area contributed by atoms with Gasteiger partial charge in [-0.25, -0.2) is 12.8 Å². The number of para-hydroxylation sites is 1. The zero-order valence-corrected chi connectivity index (χ0v) is 13.1. The van der Waals surface area contributed by atoms with Crippen molar-refractivity contribution in [2.45, 2.75) is 11.3 Å². The Morgan fingerprint density at radius 1 is 1.10 bits per heavy atom. The monoisotopic (exact) mass is 347 g/mol. The summed E-state index contributed by atoms with van der Waals surface area (Å²) in [5.41, 5.74) is 0.664. The van der Waals surface area contributed by atoms with Gasteiger partial charge in [0, 0.05) is 5.88 Å². The molecule has 0 aliphatic carbocycles. The summed E-state index contributed by atoms with van der Waals surface area (Å²) < 4.78 is 40.2. The van der Waals surface area contributed by atoms with Crippen LogP contribution in [0, 0.1) is 5.82 Å². The molecule has 0 spiro atoms. The van der Waals surface area contributed by atoms with E-state index >= 15 is 0 Å². The zero-order valence-electron chi connectivity index (χ0n) is 10.8. The maximum absolute atomic E-state index is 13.6. The van der Waals surface area contributed by atoms with Gasteiger partial charge in [0.2, 0.25) is 0 Å². The number of aryl methyl sites for hydroxylation is 1. The maximum Gasteiger partial charge on any atom is 0.262 e. The van der Waals surface area contributed by atoms with Crippen LogP contribution in [0.3, 0.4) is 0 Å². The Kier molecular flexibility index (Phi) is 5.08. The molecule has 0 saturated carbocycles. The number of anilines is 1. The highest BCUT2D eigenvalue weighted by Gasteiger charge is 2.18. The van der Waals surface area contributed by atoms with E-state index in [0.717, 1.165) is 11.6 Å². The van der Waals surface area contributed by atoms with Crippen LogP contribution in [0.15, 0.2) is 47.4 Å². The van der Waals surface area contributed by atoms with Crippen molar-refractivity contribution in [1.29, 1.82) is 0 Å². The molecule has 1 N–H and O–H groups in total. The topological polar surface area (TPSA) is 46.2 Å². The van der Waals surface area contributed by atoms with Gasteiger partial charge in [0.05, 0.1) is 9.92 Å². The minimum atomic E-state index is -3.90. The highest BCUT2D eigenvalue weighted by atomic mass is 35.5. The highest BCUT2D eigenvalue weighted by molar-refractivity contribution is 7.92. The van der Waals surface area contributed by atoms with E-state index < -0.39 is 15.8 Å². The molecule has 0 aromatic heterocycles. The molecule has 112 valence electrons. The molecule has 2 rings (SSSR count). The minimum Gasteiger partial charge on any atom is -0.275 e. The smallest absolute Gasteiger partial charge is 0.262 e. The standard InChI is InChI=1S/C14H12Cl2FNO2S/c15-9-8-10-4-6-11(7-5-10)21(19,20)18-14-12(16)2-1-3-13(14)17/h1-7,18H,8-9H2. The summed E-state index contributed by atoms with van der Waals surface area (Å²) in [6.07, 6.45) is 0.647. The van der Waals surface area contributed by atoms with Crippen LogP contribution >= 0.6 is 23.2 Å². The molecule has 7 heteroatoms. The van der Waals surface area contributed by atoms with E-state index in [1.54, 1.807) is 12.1 Å². The minimum absolute atomic E-state index is 0.00247. The number of benzene rings is 2. The van der Waals surface area contributed by atoms with Gasteiger partial charge in [-0.05, 0) is 36.2 Å².